The lowest BCUT2D eigenvalue weighted by Gasteiger charge is -2.42. The third-order valence-electron chi connectivity index (χ3n) is 4.82. The van der Waals surface area contributed by atoms with Crippen LogP contribution in [0.15, 0.2) is 24.3 Å². The average Bonchev–Trinajstić information content (AvgIpc) is 3.07. The molecule has 1 atom stereocenters. The standard InChI is InChI=1S/C18H22F2INO4/c1-2-24-16(23)18(19,20)15(13-3-5-14(21)6-4-13)22-9-7-17(8-10-22)25-11-12-26-17/h3-6,15H,2,7-12H2,1H3. The summed E-state index contributed by atoms with van der Waals surface area (Å²) in [6, 6.07) is 5.44. The summed E-state index contributed by atoms with van der Waals surface area (Å²) in [4.78, 5) is 13.6. The lowest BCUT2D eigenvalue weighted by Crippen LogP contribution is -2.52. The van der Waals surface area contributed by atoms with E-state index in [1.807, 2.05) is 0 Å². The average molecular weight is 481 g/mol. The molecule has 2 fully saturated rings. The van der Waals surface area contributed by atoms with Crippen LogP contribution in [0.1, 0.15) is 31.4 Å². The van der Waals surface area contributed by atoms with Crippen molar-refractivity contribution < 1.29 is 27.8 Å². The van der Waals surface area contributed by atoms with Crippen molar-refractivity contribution >= 4 is 28.6 Å². The summed E-state index contributed by atoms with van der Waals surface area (Å²) < 4.78 is 47.0. The van der Waals surface area contributed by atoms with Crippen LogP contribution in [0.5, 0.6) is 0 Å². The Labute approximate surface area is 165 Å². The first-order valence-electron chi connectivity index (χ1n) is 8.70. The predicted octanol–water partition coefficient (Wildman–Crippen LogP) is 3.37. The van der Waals surface area contributed by atoms with Crippen LogP contribution < -0.4 is 0 Å². The Bertz CT molecular complexity index is 625. The van der Waals surface area contributed by atoms with E-state index in [0.29, 0.717) is 44.7 Å². The molecule has 0 amide bonds. The van der Waals surface area contributed by atoms with Crippen LogP contribution in [0.2, 0.25) is 0 Å². The first-order valence-corrected chi connectivity index (χ1v) is 9.78. The Morgan fingerprint density at radius 3 is 2.38 bits per heavy atom. The molecule has 1 spiro atoms. The van der Waals surface area contributed by atoms with Crippen LogP contribution in [-0.2, 0) is 19.0 Å². The van der Waals surface area contributed by atoms with Gasteiger partial charge in [-0.1, -0.05) is 12.1 Å². The van der Waals surface area contributed by atoms with Gasteiger partial charge in [0.2, 0.25) is 0 Å². The van der Waals surface area contributed by atoms with E-state index >= 15 is 8.78 Å². The number of likely N-dealkylation sites (tertiary alicyclic amines) is 1. The fraction of sp³-hybridized carbons (Fsp3) is 0.611. The molecule has 0 aromatic heterocycles. The third kappa shape index (κ3) is 4.02. The number of nitrogens with zero attached hydrogens (tertiary/aromatic N) is 1. The van der Waals surface area contributed by atoms with E-state index in [-0.39, 0.29) is 6.61 Å². The number of halogens is 3. The minimum absolute atomic E-state index is 0.0847. The van der Waals surface area contributed by atoms with Gasteiger partial charge in [0.05, 0.1) is 19.8 Å². The number of carbonyl (C=O) groups is 1. The molecule has 0 N–H and O–H groups in total. The van der Waals surface area contributed by atoms with E-state index in [4.69, 9.17) is 9.47 Å². The first-order chi connectivity index (χ1) is 12.4. The van der Waals surface area contributed by atoms with Crippen molar-refractivity contribution in [2.24, 2.45) is 0 Å². The Hall–Kier alpha value is -0.840. The van der Waals surface area contributed by atoms with Crippen molar-refractivity contribution in [3.05, 3.63) is 33.4 Å². The van der Waals surface area contributed by atoms with Crippen molar-refractivity contribution in [2.45, 2.75) is 37.5 Å². The lowest BCUT2D eigenvalue weighted by molar-refractivity contribution is -0.205. The molecule has 8 heteroatoms. The van der Waals surface area contributed by atoms with Crippen molar-refractivity contribution in [3.63, 3.8) is 0 Å². The Morgan fingerprint density at radius 1 is 1.27 bits per heavy atom. The second-order valence-electron chi connectivity index (χ2n) is 6.44. The molecule has 0 saturated carbocycles. The minimum atomic E-state index is -3.65. The maximum Gasteiger partial charge on any atom is 0.379 e. The first kappa shape index (κ1) is 19.9. The van der Waals surface area contributed by atoms with Gasteiger partial charge in [-0.3, -0.25) is 4.90 Å². The van der Waals surface area contributed by atoms with Crippen LogP contribution in [0.4, 0.5) is 8.78 Å². The number of alkyl halides is 2. The van der Waals surface area contributed by atoms with E-state index in [1.165, 1.54) is 6.92 Å². The molecule has 2 saturated heterocycles. The molecular weight excluding hydrogens is 459 g/mol. The number of rotatable bonds is 5. The predicted molar refractivity (Wildman–Crippen MR) is 98.9 cm³/mol. The monoisotopic (exact) mass is 481 g/mol. The summed E-state index contributed by atoms with van der Waals surface area (Å²) in [5.41, 5.74) is 0.396. The Balaban J connectivity index is 1.86. The quantitative estimate of drug-likeness (QED) is 0.477. The van der Waals surface area contributed by atoms with Gasteiger partial charge in [-0.25, -0.2) is 4.79 Å². The van der Waals surface area contributed by atoms with Crippen LogP contribution in [-0.4, -0.2) is 55.5 Å². The maximum atomic E-state index is 15.0. The van der Waals surface area contributed by atoms with Crippen molar-refractivity contribution in [1.82, 2.24) is 4.90 Å². The zero-order valence-corrected chi connectivity index (χ0v) is 16.7. The van der Waals surface area contributed by atoms with Gasteiger partial charge in [0, 0.05) is 29.5 Å². The van der Waals surface area contributed by atoms with Crippen LogP contribution >= 0.6 is 22.6 Å². The highest BCUT2D eigenvalue weighted by Gasteiger charge is 2.54. The Kier molecular flexibility index (Phi) is 6.15. The van der Waals surface area contributed by atoms with E-state index in [9.17, 15) is 4.79 Å². The highest BCUT2D eigenvalue weighted by Crippen LogP contribution is 2.42. The van der Waals surface area contributed by atoms with Gasteiger partial charge < -0.3 is 14.2 Å². The largest absolute Gasteiger partial charge is 0.462 e. The van der Waals surface area contributed by atoms with Gasteiger partial charge in [0.15, 0.2) is 5.79 Å². The molecule has 2 aliphatic rings. The lowest BCUT2D eigenvalue weighted by atomic mass is 9.94. The molecule has 3 rings (SSSR count). The van der Waals surface area contributed by atoms with Gasteiger partial charge in [0.25, 0.3) is 0 Å². The molecule has 144 valence electrons. The number of piperidine rings is 1. The van der Waals surface area contributed by atoms with Gasteiger partial charge >= 0.3 is 11.9 Å². The number of ether oxygens (including phenoxy) is 3. The van der Waals surface area contributed by atoms with E-state index in [2.05, 4.69) is 27.3 Å². The molecule has 1 unspecified atom stereocenters. The van der Waals surface area contributed by atoms with Gasteiger partial charge in [-0.2, -0.15) is 8.78 Å². The zero-order chi connectivity index (χ0) is 18.8. The SMILES string of the molecule is CCOC(=O)C(F)(F)C(c1ccc(I)cc1)N1CCC2(CC1)OCCO2. The summed E-state index contributed by atoms with van der Waals surface area (Å²) in [6.45, 7) is 3.20. The zero-order valence-electron chi connectivity index (χ0n) is 14.6. The molecule has 2 heterocycles. The summed E-state index contributed by atoms with van der Waals surface area (Å²) in [7, 11) is 0. The number of carbonyl (C=O) groups excluding carboxylic acids is 1. The van der Waals surface area contributed by atoms with Crippen molar-refractivity contribution in [1.29, 1.82) is 0 Å². The summed E-state index contributed by atoms with van der Waals surface area (Å²) in [5, 5.41) is 0. The number of hydrogen-bond acceptors (Lipinski definition) is 5. The second-order valence-corrected chi connectivity index (χ2v) is 7.69. The molecule has 1 aromatic carbocycles. The fourth-order valence-corrected chi connectivity index (χ4v) is 3.90. The van der Waals surface area contributed by atoms with Crippen LogP contribution in [0, 0.1) is 3.57 Å². The smallest absolute Gasteiger partial charge is 0.379 e. The third-order valence-corrected chi connectivity index (χ3v) is 5.53. The normalized spacial score (nSPS) is 21.7. The molecule has 0 radical (unpaired) electrons. The molecule has 1 aromatic rings. The van der Waals surface area contributed by atoms with E-state index in [0.717, 1.165) is 3.57 Å². The van der Waals surface area contributed by atoms with Gasteiger partial charge in [-0.15, -0.1) is 0 Å². The number of benzene rings is 1. The molecule has 5 nitrogen and oxygen atoms in total. The molecule has 2 aliphatic heterocycles. The summed E-state index contributed by atoms with van der Waals surface area (Å²) in [5.74, 6) is -5.80. The Morgan fingerprint density at radius 2 is 1.85 bits per heavy atom. The number of esters is 1. The maximum absolute atomic E-state index is 15.0. The number of hydrogen-bond donors (Lipinski definition) is 0. The van der Waals surface area contributed by atoms with Gasteiger partial charge in [-0.05, 0) is 47.2 Å². The second kappa shape index (κ2) is 8.04. The van der Waals surface area contributed by atoms with Crippen molar-refractivity contribution in [2.75, 3.05) is 32.9 Å². The summed E-state index contributed by atoms with van der Waals surface area (Å²) in [6.07, 6.45) is 0.986. The summed E-state index contributed by atoms with van der Waals surface area (Å²) >= 11 is 2.12. The van der Waals surface area contributed by atoms with Crippen LogP contribution in [0.3, 0.4) is 0 Å². The minimum Gasteiger partial charge on any atom is -0.462 e. The van der Waals surface area contributed by atoms with E-state index in [1.54, 1.807) is 29.2 Å². The van der Waals surface area contributed by atoms with E-state index < -0.39 is 23.7 Å². The fourth-order valence-electron chi connectivity index (χ4n) is 3.54. The molecular formula is C18H22F2INO4. The topological polar surface area (TPSA) is 48.0 Å². The highest BCUT2D eigenvalue weighted by atomic mass is 127. The van der Waals surface area contributed by atoms with Crippen LogP contribution in [0.25, 0.3) is 0 Å². The molecule has 0 bridgehead atoms. The molecule has 26 heavy (non-hydrogen) atoms. The van der Waals surface area contributed by atoms with Gasteiger partial charge in [0.1, 0.15) is 6.04 Å². The van der Waals surface area contributed by atoms with Crippen molar-refractivity contribution in [3.8, 4) is 0 Å². The molecule has 0 aliphatic carbocycles. The highest BCUT2D eigenvalue weighted by molar-refractivity contribution is 14.1.